The van der Waals surface area contributed by atoms with E-state index in [-0.39, 0.29) is 0 Å². The molecule has 32 heavy (non-hydrogen) atoms. The maximum atomic E-state index is 5.57. The number of anilines is 1. The van der Waals surface area contributed by atoms with Gasteiger partial charge in [0.15, 0.2) is 11.4 Å². The standard InChI is InChI=1S/C25H26N6O/c1-2-7-19(8-3-1)20-10-14-29(15-11-20)18-21-17-26-25(30-12-4-5-13-30)31-24(21)27-23(28-31)22-9-6-16-32-22/h1-3,6-10,16-17H,4-5,11-15,18H2. The highest BCUT2D eigenvalue weighted by atomic mass is 16.3. The Morgan fingerprint density at radius 1 is 0.969 bits per heavy atom. The Morgan fingerprint density at radius 3 is 2.59 bits per heavy atom. The molecule has 0 spiro atoms. The van der Waals surface area contributed by atoms with Crippen LogP contribution in [0, 0.1) is 0 Å². The van der Waals surface area contributed by atoms with Gasteiger partial charge in [0.25, 0.3) is 0 Å². The van der Waals surface area contributed by atoms with Gasteiger partial charge in [0.2, 0.25) is 11.8 Å². The van der Waals surface area contributed by atoms with Crippen LogP contribution in [0.25, 0.3) is 22.8 Å². The molecule has 7 nitrogen and oxygen atoms in total. The molecule has 0 N–H and O–H groups in total. The Bertz CT molecular complexity index is 1240. The molecule has 1 saturated heterocycles. The van der Waals surface area contributed by atoms with Crippen LogP contribution in [0.3, 0.4) is 0 Å². The van der Waals surface area contributed by atoms with E-state index in [1.54, 1.807) is 6.26 Å². The van der Waals surface area contributed by atoms with E-state index in [4.69, 9.17) is 19.5 Å². The fourth-order valence-corrected chi connectivity index (χ4v) is 4.67. The molecule has 162 valence electrons. The molecule has 0 radical (unpaired) electrons. The molecule has 3 aromatic heterocycles. The molecule has 2 aliphatic rings. The Morgan fingerprint density at radius 2 is 1.84 bits per heavy atom. The largest absolute Gasteiger partial charge is 0.461 e. The maximum Gasteiger partial charge on any atom is 0.228 e. The topological polar surface area (TPSA) is 62.7 Å². The lowest BCUT2D eigenvalue weighted by atomic mass is 9.99. The quantitative estimate of drug-likeness (QED) is 0.475. The van der Waals surface area contributed by atoms with Gasteiger partial charge < -0.3 is 9.32 Å². The van der Waals surface area contributed by atoms with E-state index >= 15 is 0 Å². The van der Waals surface area contributed by atoms with Crippen molar-refractivity contribution in [3.8, 4) is 11.6 Å². The minimum Gasteiger partial charge on any atom is -0.461 e. The van der Waals surface area contributed by atoms with Crippen LogP contribution in [0.15, 0.2) is 65.4 Å². The molecular formula is C25H26N6O. The Balaban J connectivity index is 1.31. The van der Waals surface area contributed by atoms with Crippen LogP contribution in [0.4, 0.5) is 5.95 Å². The molecular weight excluding hydrogens is 400 g/mol. The number of aromatic nitrogens is 4. The lowest BCUT2D eigenvalue weighted by Crippen LogP contribution is -2.29. The highest BCUT2D eigenvalue weighted by Gasteiger charge is 2.23. The second-order valence-electron chi connectivity index (χ2n) is 8.51. The van der Waals surface area contributed by atoms with E-state index < -0.39 is 0 Å². The third kappa shape index (κ3) is 3.58. The van der Waals surface area contributed by atoms with Crippen molar-refractivity contribution in [3.63, 3.8) is 0 Å². The number of fused-ring (bicyclic) bond motifs is 1. The SMILES string of the molecule is C1=C(c2ccccc2)CCN(Cc2cnc(N3CCCC3)n3nc(-c4ccco4)nc23)C1. The highest BCUT2D eigenvalue weighted by molar-refractivity contribution is 5.66. The van der Waals surface area contributed by atoms with Crippen molar-refractivity contribution in [1.82, 2.24) is 24.5 Å². The molecule has 2 aliphatic heterocycles. The van der Waals surface area contributed by atoms with Gasteiger partial charge in [-0.1, -0.05) is 36.4 Å². The van der Waals surface area contributed by atoms with E-state index in [0.717, 1.165) is 56.3 Å². The zero-order valence-electron chi connectivity index (χ0n) is 18.0. The predicted octanol–water partition coefficient (Wildman–Crippen LogP) is 4.27. The molecule has 5 heterocycles. The average molecular weight is 427 g/mol. The van der Waals surface area contributed by atoms with Crippen LogP contribution in [-0.2, 0) is 6.54 Å². The molecule has 7 heteroatoms. The monoisotopic (exact) mass is 426 g/mol. The summed E-state index contributed by atoms with van der Waals surface area (Å²) in [7, 11) is 0. The first-order chi connectivity index (χ1) is 15.8. The van der Waals surface area contributed by atoms with Gasteiger partial charge >= 0.3 is 0 Å². The fourth-order valence-electron chi connectivity index (χ4n) is 4.67. The summed E-state index contributed by atoms with van der Waals surface area (Å²) in [6.07, 6.45) is 9.42. The van der Waals surface area contributed by atoms with Crippen LogP contribution in [0.2, 0.25) is 0 Å². The molecule has 0 saturated carbocycles. The lowest BCUT2D eigenvalue weighted by molar-refractivity contribution is 0.294. The predicted molar refractivity (Wildman–Crippen MR) is 124 cm³/mol. The second kappa shape index (κ2) is 8.24. The number of rotatable bonds is 5. The average Bonchev–Trinajstić information content (AvgIpc) is 3.62. The molecule has 0 aliphatic carbocycles. The van der Waals surface area contributed by atoms with Crippen molar-refractivity contribution in [1.29, 1.82) is 0 Å². The van der Waals surface area contributed by atoms with Gasteiger partial charge in [0.05, 0.1) is 6.26 Å². The van der Waals surface area contributed by atoms with E-state index in [2.05, 4.69) is 46.2 Å². The van der Waals surface area contributed by atoms with E-state index in [1.807, 2.05) is 22.8 Å². The number of hydrogen-bond acceptors (Lipinski definition) is 6. The summed E-state index contributed by atoms with van der Waals surface area (Å²) < 4.78 is 7.48. The summed E-state index contributed by atoms with van der Waals surface area (Å²) in [4.78, 5) is 14.4. The number of benzene rings is 1. The van der Waals surface area contributed by atoms with Crippen LogP contribution in [-0.4, -0.2) is 50.7 Å². The molecule has 0 amide bonds. The molecule has 1 fully saturated rings. The smallest absolute Gasteiger partial charge is 0.228 e. The number of nitrogens with zero attached hydrogens (tertiary/aromatic N) is 6. The lowest BCUT2D eigenvalue weighted by Gasteiger charge is -2.26. The first kappa shape index (κ1) is 19.3. The van der Waals surface area contributed by atoms with Crippen LogP contribution < -0.4 is 4.90 Å². The van der Waals surface area contributed by atoms with Gasteiger partial charge in [-0.15, -0.1) is 5.10 Å². The molecule has 0 bridgehead atoms. The highest BCUT2D eigenvalue weighted by Crippen LogP contribution is 2.27. The van der Waals surface area contributed by atoms with Crippen molar-refractivity contribution < 1.29 is 4.42 Å². The number of hydrogen-bond donors (Lipinski definition) is 0. The Kier molecular flexibility index (Phi) is 4.96. The zero-order chi connectivity index (χ0) is 21.3. The number of furan rings is 1. The van der Waals surface area contributed by atoms with Crippen molar-refractivity contribution >= 4 is 17.2 Å². The Hall–Kier alpha value is -3.45. The molecule has 6 rings (SSSR count). The minimum atomic E-state index is 0.606. The van der Waals surface area contributed by atoms with Gasteiger partial charge in [-0.25, -0.2) is 9.97 Å². The third-order valence-electron chi connectivity index (χ3n) is 6.38. The minimum absolute atomic E-state index is 0.606. The van der Waals surface area contributed by atoms with Crippen molar-refractivity contribution in [2.75, 3.05) is 31.1 Å². The molecule has 1 aromatic carbocycles. The van der Waals surface area contributed by atoms with Crippen LogP contribution in [0.1, 0.15) is 30.4 Å². The summed E-state index contributed by atoms with van der Waals surface area (Å²) in [6.45, 7) is 4.75. The third-order valence-corrected chi connectivity index (χ3v) is 6.38. The molecule has 0 unspecified atom stereocenters. The molecule has 4 aromatic rings. The van der Waals surface area contributed by atoms with Gasteiger partial charge in [-0.3, -0.25) is 4.90 Å². The zero-order valence-corrected chi connectivity index (χ0v) is 18.0. The van der Waals surface area contributed by atoms with Gasteiger partial charge in [-0.05, 0) is 42.5 Å². The summed E-state index contributed by atoms with van der Waals surface area (Å²) in [5.41, 5.74) is 4.71. The van der Waals surface area contributed by atoms with Crippen molar-refractivity contribution in [2.45, 2.75) is 25.8 Å². The summed E-state index contributed by atoms with van der Waals surface area (Å²) in [5.74, 6) is 2.16. The van der Waals surface area contributed by atoms with E-state index in [0.29, 0.717) is 11.6 Å². The summed E-state index contributed by atoms with van der Waals surface area (Å²) >= 11 is 0. The second-order valence-corrected chi connectivity index (χ2v) is 8.51. The van der Waals surface area contributed by atoms with Crippen LogP contribution in [0.5, 0.6) is 0 Å². The van der Waals surface area contributed by atoms with Gasteiger partial charge in [0, 0.05) is 44.5 Å². The first-order valence-corrected chi connectivity index (χ1v) is 11.4. The fraction of sp³-hybridized carbons (Fsp3) is 0.320. The maximum absolute atomic E-state index is 5.57. The van der Waals surface area contributed by atoms with Gasteiger partial charge in [-0.2, -0.15) is 4.52 Å². The van der Waals surface area contributed by atoms with E-state index in [1.165, 1.54) is 24.0 Å². The van der Waals surface area contributed by atoms with Crippen molar-refractivity contribution in [3.05, 3.63) is 72.1 Å². The summed E-state index contributed by atoms with van der Waals surface area (Å²) in [6, 6.07) is 14.4. The normalized spacial score (nSPS) is 17.2. The van der Waals surface area contributed by atoms with E-state index in [9.17, 15) is 0 Å². The molecule has 0 atom stereocenters. The Labute approximate surface area is 187 Å². The van der Waals surface area contributed by atoms with Crippen molar-refractivity contribution in [2.24, 2.45) is 0 Å². The van der Waals surface area contributed by atoms with Gasteiger partial charge in [0.1, 0.15) is 0 Å². The summed E-state index contributed by atoms with van der Waals surface area (Å²) in [5, 5.41) is 4.78. The van der Waals surface area contributed by atoms with Crippen LogP contribution >= 0.6 is 0 Å². The first-order valence-electron chi connectivity index (χ1n) is 11.4.